The molecule has 1 aliphatic heterocycles. The highest BCUT2D eigenvalue weighted by molar-refractivity contribution is 7.89. The molecule has 2 rings (SSSR count). The van der Waals surface area contributed by atoms with Crippen LogP contribution in [-0.4, -0.2) is 41.1 Å². The highest BCUT2D eigenvalue weighted by atomic mass is 32.2. The first-order chi connectivity index (χ1) is 10.1. The number of nitrogens with zero attached hydrogens (tertiary/aromatic N) is 1. The van der Waals surface area contributed by atoms with Crippen molar-refractivity contribution in [1.29, 1.82) is 0 Å². The van der Waals surface area contributed by atoms with Gasteiger partial charge in [-0.15, -0.1) is 0 Å². The molecule has 118 valence electrons. The molecule has 0 saturated carbocycles. The van der Waals surface area contributed by atoms with Gasteiger partial charge in [0.05, 0.1) is 4.90 Å². The van der Waals surface area contributed by atoms with Crippen LogP contribution in [0.3, 0.4) is 0 Å². The molecule has 0 spiro atoms. The standard InChI is InChI=1S/C15H25N3O2S/c1-3-10-17-21(19,20)15-8-6-13(7-9-15)18-11-4-5-14(18)12-16-2/h6-9,14,16-17H,3-5,10-12H2,1-2H3. The van der Waals surface area contributed by atoms with E-state index in [-0.39, 0.29) is 0 Å². The fourth-order valence-corrected chi connectivity index (χ4v) is 3.89. The summed E-state index contributed by atoms with van der Waals surface area (Å²) in [6.07, 6.45) is 3.15. The zero-order valence-electron chi connectivity index (χ0n) is 12.8. The van der Waals surface area contributed by atoms with E-state index in [9.17, 15) is 8.42 Å². The van der Waals surface area contributed by atoms with Gasteiger partial charge in [0.1, 0.15) is 0 Å². The summed E-state index contributed by atoms with van der Waals surface area (Å²) in [6.45, 7) is 4.41. The molecule has 1 saturated heterocycles. The van der Waals surface area contributed by atoms with Crippen LogP contribution < -0.4 is 14.9 Å². The SMILES string of the molecule is CCCNS(=O)(=O)c1ccc(N2CCCC2CNC)cc1. The maximum Gasteiger partial charge on any atom is 0.240 e. The number of anilines is 1. The normalized spacial score (nSPS) is 19.1. The molecular formula is C15H25N3O2S. The second-order valence-electron chi connectivity index (χ2n) is 5.44. The first-order valence-corrected chi connectivity index (χ1v) is 9.07. The van der Waals surface area contributed by atoms with E-state index in [1.807, 2.05) is 26.1 Å². The van der Waals surface area contributed by atoms with E-state index in [0.717, 1.165) is 25.2 Å². The minimum atomic E-state index is -3.37. The number of hydrogen-bond donors (Lipinski definition) is 2. The molecule has 1 unspecified atom stereocenters. The van der Waals surface area contributed by atoms with Crippen molar-refractivity contribution in [1.82, 2.24) is 10.0 Å². The minimum absolute atomic E-state index is 0.337. The van der Waals surface area contributed by atoms with Gasteiger partial charge in [-0.1, -0.05) is 6.92 Å². The molecule has 1 aromatic carbocycles. The minimum Gasteiger partial charge on any atom is -0.367 e. The van der Waals surface area contributed by atoms with Crippen molar-refractivity contribution in [3.63, 3.8) is 0 Å². The van der Waals surface area contributed by atoms with E-state index in [1.54, 1.807) is 12.1 Å². The topological polar surface area (TPSA) is 61.4 Å². The van der Waals surface area contributed by atoms with E-state index < -0.39 is 10.0 Å². The van der Waals surface area contributed by atoms with Gasteiger partial charge in [-0.05, 0) is 50.6 Å². The Labute approximate surface area is 127 Å². The fraction of sp³-hybridized carbons (Fsp3) is 0.600. The molecule has 0 bridgehead atoms. The number of nitrogens with one attached hydrogen (secondary N) is 2. The molecule has 1 atom stereocenters. The van der Waals surface area contributed by atoms with E-state index in [0.29, 0.717) is 17.5 Å². The van der Waals surface area contributed by atoms with Crippen LogP contribution in [0.5, 0.6) is 0 Å². The van der Waals surface area contributed by atoms with Crippen molar-refractivity contribution >= 4 is 15.7 Å². The Bertz CT molecular complexity index is 543. The molecule has 1 fully saturated rings. The zero-order chi connectivity index (χ0) is 15.3. The Morgan fingerprint density at radius 2 is 2.00 bits per heavy atom. The molecule has 1 heterocycles. The summed E-state index contributed by atoms with van der Waals surface area (Å²) in [5.41, 5.74) is 1.10. The summed E-state index contributed by atoms with van der Waals surface area (Å²) in [6, 6.07) is 7.71. The van der Waals surface area contributed by atoms with Crippen LogP contribution >= 0.6 is 0 Å². The van der Waals surface area contributed by atoms with Gasteiger partial charge in [0.15, 0.2) is 0 Å². The molecule has 0 aliphatic carbocycles. The van der Waals surface area contributed by atoms with Crippen molar-refractivity contribution in [2.45, 2.75) is 37.1 Å². The third-order valence-electron chi connectivity index (χ3n) is 3.84. The number of likely N-dealkylation sites (N-methyl/N-ethyl adjacent to an activating group) is 1. The van der Waals surface area contributed by atoms with Crippen LogP contribution in [0.4, 0.5) is 5.69 Å². The average molecular weight is 311 g/mol. The van der Waals surface area contributed by atoms with Gasteiger partial charge >= 0.3 is 0 Å². The number of sulfonamides is 1. The van der Waals surface area contributed by atoms with Crippen LogP contribution in [0.15, 0.2) is 29.2 Å². The lowest BCUT2D eigenvalue weighted by atomic mass is 10.2. The highest BCUT2D eigenvalue weighted by Crippen LogP contribution is 2.26. The average Bonchev–Trinajstić information content (AvgIpc) is 2.94. The van der Waals surface area contributed by atoms with Gasteiger partial charge in [-0.2, -0.15) is 0 Å². The maximum atomic E-state index is 12.1. The summed E-state index contributed by atoms with van der Waals surface area (Å²) >= 11 is 0. The predicted octanol–water partition coefficient (Wildman–Crippen LogP) is 1.56. The van der Waals surface area contributed by atoms with Crippen LogP contribution in [0, 0.1) is 0 Å². The van der Waals surface area contributed by atoms with Gasteiger partial charge in [0, 0.05) is 31.4 Å². The van der Waals surface area contributed by atoms with E-state index >= 15 is 0 Å². The molecule has 5 nitrogen and oxygen atoms in total. The van der Waals surface area contributed by atoms with Crippen molar-refractivity contribution in [3.05, 3.63) is 24.3 Å². The molecule has 6 heteroatoms. The van der Waals surface area contributed by atoms with E-state index in [1.165, 1.54) is 12.8 Å². The summed E-state index contributed by atoms with van der Waals surface area (Å²) in [7, 11) is -1.40. The molecule has 0 amide bonds. The molecule has 1 aliphatic rings. The summed E-state index contributed by atoms with van der Waals surface area (Å²) in [4.78, 5) is 2.69. The fourth-order valence-electron chi connectivity index (χ4n) is 2.76. The third kappa shape index (κ3) is 3.96. The Morgan fingerprint density at radius 1 is 1.29 bits per heavy atom. The predicted molar refractivity (Wildman–Crippen MR) is 86.2 cm³/mol. The largest absolute Gasteiger partial charge is 0.367 e. The Morgan fingerprint density at radius 3 is 2.62 bits per heavy atom. The van der Waals surface area contributed by atoms with Gasteiger partial charge in [0.25, 0.3) is 0 Å². The first-order valence-electron chi connectivity index (χ1n) is 7.59. The van der Waals surface area contributed by atoms with Gasteiger partial charge < -0.3 is 10.2 Å². The molecule has 2 N–H and O–H groups in total. The monoisotopic (exact) mass is 311 g/mol. The Balaban J connectivity index is 2.12. The quantitative estimate of drug-likeness (QED) is 0.802. The van der Waals surface area contributed by atoms with E-state index in [4.69, 9.17) is 0 Å². The highest BCUT2D eigenvalue weighted by Gasteiger charge is 2.24. The van der Waals surface area contributed by atoms with Gasteiger partial charge in [0.2, 0.25) is 10.0 Å². The number of benzene rings is 1. The molecule has 0 radical (unpaired) electrons. The lowest BCUT2D eigenvalue weighted by Gasteiger charge is -2.26. The van der Waals surface area contributed by atoms with Crippen LogP contribution in [0.1, 0.15) is 26.2 Å². The van der Waals surface area contributed by atoms with Crippen molar-refractivity contribution in [3.8, 4) is 0 Å². The summed E-state index contributed by atoms with van der Waals surface area (Å²) < 4.78 is 26.7. The molecule has 0 aromatic heterocycles. The maximum absolute atomic E-state index is 12.1. The van der Waals surface area contributed by atoms with Crippen LogP contribution in [0.2, 0.25) is 0 Å². The third-order valence-corrected chi connectivity index (χ3v) is 5.31. The van der Waals surface area contributed by atoms with Crippen LogP contribution in [-0.2, 0) is 10.0 Å². The Kier molecular flexibility index (Phi) is 5.61. The second-order valence-corrected chi connectivity index (χ2v) is 7.21. The van der Waals surface area contributed by atoms with Crippen LogP contribution in [0.25, 0.3) is 0 Å². The van der Waals surface area contributed by atoms with Gasteiger partial charge in [-0.3, -0.25) is 0 Å². The van der Waals surface area contributed by atoms with Crippen molar-refractivity contribution < 1.29 is 8.42 Å². The van der Waals surface area contributed by atoms with Gasteiger partial charge in [-0.25, -0.2) is 13.1 Å². The second kappa shape index (κ2) is 7.24. The van der Waals surface area contributed by atoms with Crippen molar-refractivity contribution in [2.24, 2.45) is 0 Å². The van der Waals surface area contributed by atoms with Crippen molar-refractivity contribution in [2.75, 3.05) is 31.6 Å². The van der Waals surface area contributed by atoms with E-state index in [2.05, 4.69) is 14.9 Å². The molecular weight excluding hydrogens is 286 g/mol. The lowest BCUT2D eigenvalue weighted by Crippen LogP contribution is -2.36. The zero-order valence-corrected chi connectivity index (χ0v) is 13.6. The Hall–Kier alpha value is -1.11. The summed E-state index contributed by atoms with van der Waals surface area (Å²) in [5.74, 6) is 0. The molecule has 21 heavy (non-hydrogen) atoms. The molecule has 1 aromatic rings. The number of hydrogen-bond acceptors (Lipinski definition) is 4. The lowest BCUT2D eigenvalue weighted by molar-refractivity contribution is 0.580. The first kappa shape index (κ1) is 16.3. The smallest absolute Gasteiger partial charge is 0.240 e. The number of rotatable bonds is 7. The summed E-state index contributed by atoms with van der Waals surface area (Å²) in [5, 5.41) is 3.22.